The molecule has 2 aliphatic heterocycles. The lowest BCUT2D eigenvalue weighted by atomic mass is 9.72. The minimum atomic E-state index is -0.297. The van der Waals surface area contributed by atoms with Crippen LogP contribution in [0.1, 0.15) is 56.1 Å². The average molecular weight is 482 g/mol. The van der Waals surface area contributed by atoms with Crippen LogP contribution in [0.15, 0.2) is 61.7 Å². The highest BCUT2D eigenvalue weighted by atomic mass is 16.7. The fraction of sp³-hybridized carbons (Fsp3) is 0.467. The summed E-state index contributed by atoms with van der Waals surface area (Å²) in [5.41, 5.74) is 4.79. The Morgan fingerprint density at radius 2 is 1.11 bits per heavy atom. The van der Waals surface area contributed by atoms with Crippen LogP contribution >= 0.6 is 0 Å². The van der Waals surface area contributed by atoms with Crippen LogP contribution in [0.5, 0.6) is 0 Å². The van der Waals surface area contributed by atoms with Gasteiger partial charge in [0.2, 0.25) is 0 Å². The van der Waals surface area contributed by atoms with Gasteiger partial charge >= 0.3 is 14.2 Å². The molecule has 4 nitrogen and oxygen atoms in total. The van der Waals surface area contributed by atoms with Crippen molar-refractivity contribution in [2.45, 2.75) is 57.2 Å². The molecule has 36 heavy (non-hydrogen) atoms. The highest BCUT2D eigenvalue weighted by Crippen LogP contribution is 2.57. The molecule has 2 aromatic carbocycles. The molecule has 6 heteroatoms. The van der Waals surface area contributed by atoms with Gasteiger partial charge in [-0.15, -0.1) is 0 Å². The zero-order valence-electron chi connectivity index (χ0n) is 21.1. The lowest BCUT2D eigenvalue weighted by Gasteiger charge is -2.34. The van der Waals surface area contributed by atoms with Gasteiger partial charge < -0.3 is 18.6 Å². The third-order valence-corrected chi connectivity index (χ3v) is 9.07. The number of rotatable bonds is 6. The molecule has 1 spiro atoms. The summed E-state index contributed by atoms with van der Waals surface area (Å²) >= 11 is 0. The van der Waals surface area contributed by atoms with Gasteiger partial charge in [0.15, 0.2) is 0 Å². The normalized spacial score (nSPS) is 29.7. The topological polar surface area (TPSA) is 36.9 Å². The fourth-order valence-corrected chi connectivity index (χ4v) is 7.13. The minimum Gasteiger partial charge on any atom is -0.405 e. The van der Waals surface area contributed by atoms with Crippen molar-refractivity contribution in [1.29, 1.82) is 0 Å². The summed E-state index contributed by atoms with van der Waals surface area (Å²) in [6.07, 6.45) is 13.1. The zero-order chi connectivity index (χ0) is 24.5. The Morgan fingerprint density at radius 3 is 1.53 bits per heavy atom. The number of hydrogen-bond acceptors (Lipinski definition) is 4. The molecule has 4 aliphatic rings. The van der Waals surface area contributed by atoms with E-state index in [4.69, 9.17) is 18.6 Å². The first-order chi connectivity index (χ1) is 17.7. The van der Waals surface area contributed by atoms with Crippen LogP contribution in [0.4, 0.5) is 0 Å². The maximum absolute atomic E-state index is 6.61. The lowest BCUT2D eigenvalue weighted by Crippen LogP contribution is -2.38. The molecule has 0 bridgehead atoms. The van der Waals surface area contributed by atoms with Gasteiger partial charge in [0, 0.05) is 0 Å². The van der Waals surface area contributed by atoms with Gasteiger partial charge in [-0.1, -0.05) is 93.1 Å². The molecule has 4 atom stereocenters. The predicted molar refractivity (Wildman–Crippen MR) is 147 cm³/mol. The Morgan fingerprint density at radius 1 is 0.667 bits per heavy atom. The summed E-state index contributed by atoms with van der Waals surface area (Å²) in [5, 5.41) is 0. The van der Waals surface area contributed by atoms with Gasteiger partial charge in [-0.3, -0.25) is 0 Å². The standard InChI is InChI=1S/C30H36B2O4/c1-3-22-8-12-24(13-9-22)31-33-20-28(35-31)26-18-30(16-6-5-7-17-30)19-27(26)29-21-34-32(36-29)25-14-10-23(4-2)11-15-25/h3-4,8-15,26-29H,1-2,5-7,16-21H2/t26-,27-,28+,29+/m0/s1. The van der Waals surface area contributed by atoms with Crippen LogP contribution in [0.2, 0.25) is 0 Å². The first-order valence-electron chi connectivity index (χ1n) is 13.7. The van der Waals surface area contributed by atoms with Gasteiger partial charge in [-0.2, -0.15) is 0 Å². The average Bonchev–Trinajstić information content (AvgIpc) is 3.68. The van der Waals surface area contributed by atoms with E-state index in [1.165, 1.54) is 44.9 Å². The summed E-state index contributed by atoms with van der Waals surface area (Å²) in [6.45, 7) is 9.00. The van der Waals surface area contributed by atoms with E-state index in [0.717, 1.165) is 22.1 Å². The van der Waals surface area contributed by atoms with Gasteiger partial charge in [-0.25, -0.2) is 0 Å². The molecule has 2 saturated carbocycles. The van der Waals surface area contributed by atoms with E-state index >= 15 is 0 Å². The maximum atomic E-state index is 6.61. The molecule has 2 aliphatic carbocycles. The van der Waals surface area contributed by atoms with Crippen molar-refractivity contribution in [2.24, 2.45) is 17.3 Å². The minimum absolute atomic E-state index is 0.0925. The van der Waals surface area contributed by atoms with E-state index in [1.54, 1.807) is 0 Å². The molecule has 6 rings (SSSR count). The second kappa shape index (κ2) is 10.3. The summed E-state index contributed by atoms with van der Waals surface area (Å²) in [7, 11) is -0.594. The third-order valence-electron chi connectivity index (χ3n) is 9.07. The van der Waals surface area contributed by atoms with Crippen molar-refractivity contribution >= 4 is 37.3 Å². The van der Waals surface area contributed by atoms with Crippen LogP contribution in [-0.2, 0) is 18.6 Å². The Hall–Kier alpha value is -2.11. The van der Waals surface area contributed by atoms with Crippen LogP contribution < -0.4 is 10.9 Å². The molecular formula is C30H36B2O4. The van der Waals surface area contributed by atoms with Crippen molar-refractivity contribution in [1.82, 2.24) is 0 Å². The summed E-state index contributed by atoms with van der Waals surface area (Å²) in [6, 6.07) is 16.7. The fourth-order valence-electron chi connectivity index (χ4n) is 7.13. The highest BCUT2D eigenvalue weighted by Gasteiger charge is 2.54. The van der Waals surface area contributed by atoms with E-state index in [2.05, 4.69) is 61.7 Å². The van der Waals surface area contributed by atoms with E-state index in [1.807, 2.05) is 12.2 Å². The molecule has 2 aromatic rings. The number of benzene rings is 2. The molecule has 0 amide bonds. The molecule has 0 unspecified atom stereocenters. The van der Waals surface area contributed by atoms with Gasteiger partial charge in [0.1, 0.15) is 0 Å². The van der Waals surface area contributed by atoms with E-state index in [9.17, 15) is 0 Å². The first kappa shape index (κ1) is 24.2. The van der Waals surface area contributed by atoms with Crippen molar-refractivity contribution in [3.63, 3.8) is 0 Å². The zero-order valence-corrected chi connectivity index (χ0v) is 21.1. The molecule has 2 saturated heterocycles. The van der Waals surface area contributed by atoms with Crippen molar-refractivity contribution in [3.8, 4) is 0 Å². The number of hydrogen-bond donors (Lipinski definition) is 0. The Labute approximate surface area is 216 Å². The van der Waals surface area contributed by atoms with Crippen LogP contribution in [0.3, 0.4) is 0 Å². The van der Waals surface area contributed by atoms with Crippen LogP contribution in [0.25, 0.3) is 12.2 Å². The quantitative estimate of drug-likeness (QED) is 0.551. The first-order valence-corrected chi connectivity index (χ1v) is 13.7. The Kier molecular flexibility index (Phi) is 6.96. The Balaban J connectivity index is 1.18. The van der Waals surface area contributed by atoms with Gasteiger partial charge in [0.05, 0.1) is 25.4 Å². The monoisotopic (exact) mass is 482 g/mol. The van der Waals surface area contributed by atoms with Gasteiger partial charge in [0.25, 0.3) is 0 Å². The summed E-state index contributed by atoms with van der Waals surface area (Å²) in [4.78, 5) is 0. The molecular weight excluding hydrogens is 446 g/mol. The van der Waals surface area contributed by atoms with Crippen LogP contribution in [0, 0.1) is 17.3 Å². The molecule has 0 radical (unpaired) electrons. The lowest BCUT2D eigenvalue weighted by molar-refractivity contribution is 0.0657. The molecule has 4 fully saturated rings. The van der Waals surface area contributed by atoms with Gasteiger partial charge in [-0.05, 0) is 65.0 Å². The second-order valence-electron chi connectivity index (χ2n) is 11.2. The third kappa shape index (κ3) is 4.77. The summed E-state index contributed by atoms with van der Waals surface area (Å²) < 4.78 is 25.6. The van der Waals surface area contributed by atoms with E-state index < -0.39 is 0 Å². The molecule has 0 N–H and O–H groups in total. The van der Waals surface area contributed by atoms with Crippen molar-refractivity contribution in [3.05, 3.63) is 72.8 Å². The highest BCUT2D eigenvalue weighted by molar-refractivity contribution is 6.62. The molecule has 2 heterocycles. The van der Waals surface area contributed by atoms with Crippen molar-refractivity contribution < 1.29 is 18.6 Å². The molecule has 186 valence electrons. The van der Waals surface area contributed by atoms with Crippen molar-refractivity contribution in [2.75, 3.05) is 13.2 Å². The summed E-state index contributed by atoms with van der Waals surface area (Å²) in [5.74, 6) is 0.854. The van der Waals surface area contributed by atoms with E-state index in [0.29, 0.717) is 30.5 Å². The Bertz CT molecular complexity index is 984. The largest absolute Gasteiger partial charge is 0.494 e. The predicted octanol–water partition coefficient (Wildman–Crippen LogP) is 4.87. The maximum Gasteiger partial charge on any atom is 0.494 e. The SMILES string of the molecule is C=Cc1ccc(B2OC[C@H]([C@H]3CC4(CCCCC4)C[C@@H]3[C@H]3COB(c4ccc(C=C)cc4)O3)O2)cc1. The smallest absolute Gasteiger partial charge is 0.405 e. The second-order valence-corrected chi connectivity index (χ2v) is 11.2. The van der Waals surface area contributed by atoms with Crippen LogP contribution in [-0.4, -0.2) is 39.7 Å². The molecule has 0 aromatic heterocycles. The van der Waals surface area contributed by atoms with E-state index in [-0.39, 0.29) is 26.4 Å².